The molecule has 5 aromatic rings. The molecule has 0 radical (unpaired) electrons. The lowest BCUT2D eigenvalue weighted by molar-refractivity contribution is 0.409. The second-order valence-corrected chi connectivity index (χ2v) is 8.14. The average molecular weight is 455 g/mol. The van der Waals surface area contributed by atoms with Crippen LogP contribution in [0.2, 0.25) is 0 Å². The molecule has 0 unspecified atom stereocenters. The van der Waals surface area contributed by atoms with E-state index in [9.17, 15) is 0 Å². The summed E-state index contributed by atoms with van der Waals surface area (Å²) >= 11 is 0. The van der Waals surface area contributed by atoms with Crippen LogP contribution in [0.3, 0.4) is 0 Å². The van der Waals surface area contributed by atoms with Crippen molar-refractivity contribution in [1.29, 1.82) is 0 Å². The van der Waals surface area contributed by atoms with Crippen LogP contribution in [-0.4, -0.2) is 33.2 Å². The first-order valence-corrected chi connectivity index (χ1v) is 11.1. The van der Waals surface area contributed by atoms with Crippen molar-refractivity contribution in [3.05, 3.63) is 89.7 Å². The number of furan rings is 1. The molecule has 2 aromatic carbocycles. The number of aryl methyl sites for hydroxylation is 1. The van der Waals surface area contributed by atoms with Gasteiger partial charge in [0.2, 0.25) is 5.82 Å². The highest BCUT2D eigenvalue weighted by atomic mass is 16.5. The van der Waals surface area contributed by atoms with Gasteiger partial charge in [-0.25, -0.2) is 0 Å². The smallest absolute Gasteiger partial charge is 0.256 e. The van der Waals surface area contributed by atoms with Crippen molar-refractivity contribution >= 4 is 17.4 Å². The van der Waals surface area contributed by atoms with Crippen molar-refractivity contribution < 1.29 is 9.15 Å². The molecule has 0 amide bonds. The van der Waals surface area contributed by atoms with E-state index in [1.165, 1.54) is 15.6 Å². The molecule has 8 nitrogen and oxygen atoms in total. The molecule has 0 aliphatic rings. The van der Waals surface area contributed by atoms with E-state index < -0.39 is 0 Å². The Morgan fingerprint density at radius 1 is 1.03 bits per heavy atom. The van der Waals surface area contributed by atoms with Gasteiger partial charge in [-0.1, -0.05) is 48.0 Å². The zero-order chi connectivity index (χ0) is 23.5. The number of aromatic nitrogens is 4. The number of rotatable bonds is 8. The summed E-state index contributed by atoms with van der Waals surface area (Å²) in [5.41, 5.74) is 9.92. The van der Waals surface area contributed by atoms with Gasteiger partial charge in [-0.15, -0.1) is 5.10 Å². The maximum absolute atomic E-state index is 6.38. The van der Waals surface area contributed by atoms with Crippen LogP contribution in [0.5, 0.6) is 5.75 Å². The number of benzene rings is 2. The maximum Gasteiger partial charge on any atom is 0.256 e. The van der Waals surface area contributed by atoms with Crippen LogP contribution in [-0.2, 0) is 13.0 Å². The third-order valence-corrected chi connectivity index (χ3v) is 5.69. The molecule has 172 valence electrons. The fraction of sp³-hybridized carbons (Fsp3) is 0.192. The minimum atomic E-state index is 0.424. The molecule has 0 aliphatic carbocycles. The zero-order valence-electron chi connectivity index (χ0n) is 19.2. The molecule has 3 heterocycles. The van der Waals surface area contributed by atoms with Crippen LogP contribution in [0.25, 0.3) is 17.4 Å². The van der Waals surface area contributed by atoms with Gasteiger partial charge in [0, 0.05) is 19.2 Å². The minimum Gasteiger partial charge on any atom is -0.496 e. The van der Waals surface area contributed by atoms with E-state index in [1.54, 1.807) is 19.4 Å². The lowest BCUT2D eigenvalue weighted by Crippen LogP contribution is -2.27. The number of ether oxygens (including phenoxy) is 1. The highest BCUT2D eigenvalue weighted by Gasteiger charge is 2.17. The molecule has 0 bridgehead atoms. The van der Waals surface area contributed by atoms with Crippen molar-refractivity contribution in [3.8, 4) is 17.3 Å². The van der Waals surface area contributed by atoms with Crippen LogP contribution < -0.4 is 15.4 Å². The van der Waals surface area contributed by atoms with Gasteiger partial charge in [-0.05, 0) is 42.7 Å². The Kier molecular flexibility index (Phi) is 5.86. The van der Waals surface area contributed by atoms with Gasteiger partial charge in [-0.2, -0.15) is 14.5 Å². The first-order valence-electron chi connectivity index (χ1n) is 11.1. The Balaban J connectivity index is 1.50. The van der Waals surface area contributed by atoms with Crippen molar-refractivity contribution in [2.45, 2.75) is 19.9 Å². The normalized spacial score (nSPS) is 11.1. The summed E-state index contributed by atoms with van der Waals surface area (Å²) < 4.78 is 12.5. The standard InChI is InChI=1S/C26H26N6O2/c1-18-7-5-8-19(15-18)17-31(13-12-20-9-3-4-10-21(20)33-2)24-16-23(27)32-26(28-24)29-25(30-32)22-11-6-14-34-22/h3-11,14-16H,12-13,17,27H2,1-2H3. The summed E-state index contributed by atoms with van der Waals surface area (Å²) in [6.45, 7) is 3.49. The molecule has 34 heavy (non-hydrogen) atoms. The Morgan fingerprint density at radius 3 is 2.71 bits per heavy atom. The molecule has 5 rings (SSSR count). The Bertz CT molecular complexity index is 1410. The van der Waals surface area contributed by atoms with E-state index in [1.807, 2.05) is 30.3 Å². The molecular formula is C26H26N6O2. The number of methoxy groups -OCH3 is 1. The Hall–Kier alpha value is -4.33. The molecule has 2 N–H and O–H groups in total. The molecule has 0 atom stereocenters. The highest BCUT2D eigenvalue weighted by Crippen LogP contribution is 2.24. The summed E-state index contributed by atoms with van der Waals surface area (Å²) in [4.78, 5) is 11.6. The van der Waals surface area contributed by atoms with Gasteiger partial charge < -0.3 is 19.8 Å². The van der Waals surface area contributed by atoms with Gasteiger partial charge in [0.05, 0.1) is 13.4 Å². The number of hydrogen-bond acceptors (Lipinski definition) is 7. The minimum absolute atomic E-state index is 0.424. The summed E-state index contributed by atoms with van der Waals surface area (Å²) in [5, 5.41) is 4.46. The summed E-state index contributed by atoms with van der Waals surface area (Å²) in [6.07, 6.45) is 2.37. The molecule has 8 heteroatoms. The topological polar surface area (TPSA) is 94.7 Å². The molecule has 0 saturated carbocycles. The first kappa shape index (κ1) is 21.5. The summed E-state index contributed by atoms with van der Waals surface area (Å²) in [5.74, 6) is 3.51. The molecule has 0 saturated heterocycles. The number of para-hydroxylation sites is 1. The number of nitrogen functional groups attached to an aromatic ring is 1. The van der Waals surface area contributed by atoms with Gasteiger partial charge in [0.15, 0.2) is 5.76 Å². The van der Waals surface area contributed by atoms with E-state index in [0.717, 1.165) is 30.1 Å². The number of hydrogen-bond donors (Lipinski definition) is 1. The van der Waals surface area contributed by atoms with Crippen molar-refractivity contribution in [3.63, 3.8) is 0 Å². The first-order chi connectivity index (χ1) is 16.6. The number of fused-ring (bicyclic) bond motifs is 1. The largest absolute Gasteiger partial charge is 0.496 e. The van der Waals surface area contributed by atoms with Crippen LogP contribution in [0.15, 0.2) is 77.4 Å². The molecular weight excluding hydrogens is 428 g/mol. The lowest BCUT2D eigenvalue weighted by Gasteiger charge is -2.25. The Morgan fingerprint density at radius 2 is 1.91 bits per heavy atom. The highest BCUT2D eigenvalue weighted by molar-refractivity contribution is 5.58. The van der Waals surface area contributed by atoms with Crippen molar-refractivity contribution in [1.82, 2.24) is 19.6 Å². The van der Waals surface area contributed by atoms with E-state index in [2.05, 4.69) is 52.2 Å². The number of nitrogens with two attached hydrogens (primary N) is 1. The maximum atomic E-state index is 6.38. The number of nitrogens with zero attached hydrogens (tertiary/aromatic N) is 5. The van der Waals surface area contributed by atoms with Gasteiger partial charge in [0.1, 0.15) is 17.4 Å². The molecule has 0 fully saturated rings. The fourth-order valence-electron chi connectivity index (χ4n) is 4.02. The van der Waals surface area contributed by atoms with E-state index >= 15 is 0 Å². The summed E-state index contributed by atoms with van der Waals surface area (Å²) in [7, 11) is 1.70. The molecule has 0 aliphatic heterocycles. The predicted octanol–water partition coefficient (Wildman–Crippen LogP) is 4.53. The zero-order valence-corrected chi connectivity index (χ0v) is 19.2. The quantitative estimate of drug-likeness (QED) is 0.368. The fourth-order valence-corrected chi connectivity index (χ4v) is 4.02. The van der Waals surface area contributed by atoms with E-state index in [4.69, 9.17) is 19.9 Å². The SMILES string of the molecule is COc1ccccc1CCN(Cc1cccc(C)c1)c1cc(N)n2nc(-c3ccco3)nc2n1. The van der Waals surface area contributed by atoms with Gasteiger partial charge in [-0.3, -0.25) is 0 Å². The van der Waals surface area contributed by atoms with Crippen molar-refractivity contribution in [2.24, 2.45) is 0 Å². The lowest BCUT2D eigenvalue weighted by atomic mass is 10.1. The van der Waals surface area contributed by atoms with E-state index in [0.29, 0.717) is 29.7 Å². The predicted molar refractivity (Wildman–Crippen MR) is 132 cm³/mol. The summed E-state index contributed by atoms with van der Waals surface area (Å²) in [6, 6.07) is 22.0. The van der Waals surface area contributed by atoms with Gasteiger partial charge in [0.25, 0.3) is 5.78 Å². The van der Waals surface area contributed by atoms with E-state index in [-0.39, 0.29) is 0 Å². The third kappa shape index (κ3) is 4.43. The second-order valence-electron chi connectivity index (χ2n) is 8.14. The molecule has 3 aromatic heterocycles. The van der Waals surface area contributed by atoms with Crippen LogP contribution in [0.1, 0.15) is 16.7 Å². The third-order valence-electron chi connectivity index (χ3n) is 5.69. The van der Waals surface area contributed by atoms with Gasteiger partial charge >= 0.3 is 0 Å². The number of anilines is 2. The molecule has 0 spiro atoms. The van der Waals surface area contributed by atoms with Crippen LogP contribution >= 0.6 is 0 Å². The second kappa shape index (κ2) is 9.27. The Labute approximate surface area is 197 Å². The van der Waals surface area contributed by atoms with Crippen molar-refractivity contribution in [2.75, 3.05) is 24.3 Å². The monoisotopic (exact) mass is 454 g/mol. The van der Waals surface area contributed by atoms with Crippen LogP contribution in [0, 0.1) is 6.92 Å². The van der Waals surface area contributed by atoms with Crippen LogP contribution in [0.4, 0.5) is 11.6 Å². The average Bonchev–Trinajstić information content (AvgIpc) is 3.52.